The Bertz CT molecular complexity index is 504. The van der Waals surface area contributed by atoms with Crippen molar-refractivity contribution in [2.75, 3.05) is 6.61 Å². The minimum Gasteiger partial charge on any atom is -0.394 e. The molecule has 0 saturated carbocycles. The lowest BCUT2D eigenvalue weighted by Gasteiger charge is -2.27. The van der Waals surface area contributed by atoms with Crippen LogP contribution in [0.25, 0.3) is 0 Å². The molecule has 3 rings (SSSR count). The fourth-order valence-corrected chi connectivity index (χ4v) is 2.27. The SMILES string of the molecule is OCC12C=CC=CC1=NC(c1ccccc1)N2. The molecule has 2 N–H and O–H groups in total. The zero-order valence-corrected chi connectivity index (χ0v) is 9.38. The van der Waals surface area contributed by atoms with Crippen LogP contribution in [0.4, 0.5) is 0 Å². The molecule has 86 valence electrons. The van der Waals surface area contributed by atoms with E-state index in [-0.39, 0.29) is 12.8 Å². The highest BCUT2D eigenvalue weighted by Crippen LogP contribution is 2.29. The van der Waals surface area contributed by atoms with Crippen LogP contribution in [0.15, 0.2) is 59.6 Å². The van der Waals surface area contributed by atoms with Gasteiger partial charge in [-0.1, -0.05) is 48.6 Å². The minimum atomic E-state index is -0.505. The van der Waals surface area contributed by atoms with Crippen LogP contribution in [0.2, 0.25) is 0 Å². The van der Waals surface area contributed by atoms with Gasteiger partial charge < -0.3 is 5.11 Å². The Balaban J connectivity index is 1.97. The minimum absolute atomic E-state index is 0.0238. The summed E-state index contributed by atoms with van der Waals surface area (Å²) in [6.45, 7) is 0.0238. The summed E-state index contributed by atoms with van der Waals surface area (Å²) in [6.07, 6.45) is 7.73. The van der Waals surface area contributed by atoms with Crippen LogP contribution in [0.3, 0.4) is 0 Å². The first kappa shape index (κ1) is 10.4. The van der Waals surface area contributed by atoms with Gasteiger partial charge in [0.25, 0.3) is 0 Å². The van der Waals surface area contributed by atoms with Crippen molar-refractivity contribution in [2.45, 2.75) is 11.7 Å². The number of allylic oxidation sites excluding steroid dienone is 2. The van der Waals surface area contributed by atoms with Crippen LogP contribution in [0, 0.1) is 0 Å². The van der Waals surface area contributed by atoms with Gasteiger partial charge in [-0.15, -0.1) is 0 Å². The molecule has 17 heavy (non-hydrogen) atoms. The third-order valence-electron chi connectivity index (χ3n) is 3.23. The quantitative estimate of drug-likeness (QED) is 0.804. The van der Waals surface area contributed by atoms with Crippen molar-refractivity contribution in [3.63, 3.8) is 0 Å². The maximum absolute atomic E-state index is 9.59. The molecule has 0 bridgehead atoms. The van der Waals surface area contributed by atoms with Crippen molar-refractivity contribution in [3.8, 4) is 0 Å². The van der Waals surface area contributed by atoms with Crippen molar-refractivity contribution in [2.24, 2.45) is 4.99 Å². The average Bonchev–Trinajstić information content (AvgIpc) is 2.80. The van der Waals surface area contributed by atoms with E-state index in [2.05, 4.69) is 10.3 Å². The van der Waals surface area contributed by atoms with Gasteiger partial charge in [0.15, 0.2) is 0 Å². The highest BCUT2D eigenvalue weighted by molar-refractivity contribution is 6.07. The number of aliphatic hydroxyl groups excluding tert-OH is 1. The van der Waals surface area contributed by atoms with Crippen LogP contribution in [-0.2, 0) is 0 Å². The van der Waals surface area contributed by atoms with E-state index in [1.807, 2.05) is 54.6 Å². The maximum Gasteiger partial charge on any atom is 0.127 e. The number of nitrogens with one attached hydrogen (secondary N) is 1. The summed E-state index contributed by atoms with van der Waals surface area (Å²) < 4.78 is 0. The van der Waals surface area contributed by atoms with E-state index in [0.717, 1.165) is 11.3 Å². The lowest BCUT2D eigenvalue weighted by atomic mass is 9.91. The molecule has 2 unspecified atom stereocenters. The molecule has 0 saturated heterocycles. The number of benzene rings is 1. The van der Waals surface area contributed by atoms with E-state index in [9.17, 15) is 5.11 Å². The monoisotopic (exact) mass is 226 g/mol. The Morgan fingerprint density at radius 3 is 2.76 bits per heavy atom. The zero-order valence-electron chi connectivity index (χ0n) is 9.38. The Hall–Kier alpha value is -1.71. The van der Waals surface area contributed by atoms with Crippen LogP contribution < -0.4 is 5.32 Å². The first-order chi connectivity index (χ1) is 8.34. The van der Waals surface area contributed by atoms with E-state index in [0.29, 0.717) is 0 Å². The van der Waals surface area contributed by atoms with Gasteiger partial charge in [0, 0.05) is 0 Å². The molecule has 1 aromatic carbocycles. The number of rotatable bonds is 2. The normalized spacial score (nSPS) is 30.2. The molecule has 2 aliphatic rings. The number of fused-ring (bicyclic) bond motifs is 1. The predicted molar refractivity (Wildman–Crippen MR) is 67.9 cm³/mol. The Morgan fingerprint density at radius 2 is 2.06 bits per heavy atom. The second kappa shape index (κ2) is 3.95. The smallest absolute Gasteiger partial charge is 0.127 e. The van der Waals surface area contributed by atoms with E-state index in [4.69, 9.17) is 0 Å². The van der Waals surface area contributed by atoms with Crippen LogP contribution in [0.5, 0.6) is 0 Å². The summed E-state index contributed by atoms with van der Waals surface area (Å²) in [5, 5.41) is 13.0. The van der Waals surface area contributed by atoms with Gasteiger partial charge in [-0.2, -0.15) is 0 Å². The summed E-state index contributed by atoms with van der Waals surface area (Å²) in [7, 11) is 0. The average molecular weight is 226 g/mol. The maximum atomic E-state index is 9.59. The second-order valence-corrected chi connectivity index (χ2v) is 4.32. The van der Waals surface area contributed by atoms with Crippen LogP contribution in [0.1, 0.15) is 11.7 Å². The third-order valence-corrected chi connectivity index (χ3v) is 3.23. The topological polar surface area (TPSA) is 44.6 Å². The molecule has 3 nitrogen and oxygen atoms in total. The van der Waals surface area contributed by atoms with Crippen molar-refractivity contribution >= 4 is 5.71 Å². The predicted octanol–water partition coefficient (Wildman–Crippen LogP) is 1.59. The molecule has 2 atom stereocenters. The van der Waals surface area contributed by atoms with Gasteiger partial charge in [-0.25, -0.2) is 0 Å². The Labute approximate surface area is 100 Å². The lowest BCUT2D eigenvalue weighted by molar-refractivity contribution is 0.236. The molecular formula is C14H14N2O. The highest BCUT2D eigenvalue weighted by Gasteiger charge is 2.40. The number of hydrogen-bond donors (Lipinski definition) is 2. The van der Waals surface area contributed by atoms with Gasteiger partial charge in [0.1, 0.15) is 11.7 Å². The zero-order chi connectivity index (χ0) is 11.7. The number of nitrogens with zero attached hydrogens (tertiary/aromatic N) is 1. The molecule has 3 heteroatoms. The van der Waals surface area contributed by atoms with Gasteiger partial charge in [0.2, 0.25) is 0 Å². The number of aliphatic hydroxyl groups is 1. The van der Waals surface area contributed by atoms with Crippen LogP contribution in [-0.4, -0.2) is 23.0 Å². The number of aliphatic imine (C=N–C) groups is 1. The van der Waals surface area contributed by atoms with E-state index < -0.39 is 5.54 Å². The molecule has 0 radical (unpaired) electrons. The van der Waals surface area contributed by atoms with Gasteiger partial charge >= 0.3 is 0 Å². The molecule has 1 aliphatic carbocycles. The molecule has 0 fully saturated rings. The fourth-order valence-electron chi connectivity index (χ4n) is 2.27. The van der Waals surface area contributed by atoms with E-state index >= 15 is 0 Å². The summed E-state index contributed by atoms with van der Waals surface area (Å²) in [6, 6.07) is 10.1. The second-order valence-electron chi connectivity index (χ2n) is 4.32. The first-order valence-electron chi connectivity index (χ1n) is 5.72. The van der Waals surface area contributed by atoms with E-state index in [1.54, 1.807) is 0 Å². The van der Waals surface area contributed by atoms with Crippen molar-refractivity contribution in [1.82, 2.24) is 5.32 Å². The number of hydrogen-bond acceptors (Lipinski definition) is 3. The highest BCUT2D eigenvalue weighted by atomic mass is 16.3. The van der Waals surface area contributed by atoms with Crippen molar-refractivity contribution in [3.05, 3.63) is 60.2 Å². The first-order valence-corrected chi connectivity index (χ1v) is 5.72. The molecule has 1 aromatic rings. The van der Waals surface area contributed by atoms with Crippen LogP contribution >= 0.6 is 0 Å². The summed E-state index contributed by atoms with van der Waals surface area (Å²) >= 11 is 0. The molecule has 1 aliphatic heterocycles. The third kappa shape index (κ3) is 1.64. The van der Waals surface area contributed by atoms with Crippen molar-refractivity contribution in [1.29, 1.82) is 0 Å². The summed E-state index contributed by atoms with van der Waals surface area (Å²) in [5.41, 5.74) is 1.51. The summed E-state index contributed by atoms with van der Waals surface area (Å²) in [4.78, 5) is 4.63. The summed E-state index contributed by atoms with van der Waals surface area (Å²) in [5.74, 6) is 0. The fraction of sp³-hybridized carbons (Fsp3) is 0.214. The standard InChI is InChI=1S/C14H14N2O/c17-10-14-9-5-4-8-12(14)15-13(16-14)11-6-2-1-3-7-11/h1-9,13,16-17H,10H2. The molecule has 0 amide bonds. The molecule has 1 heterocycles. The lowest BCUT2D eigenvalue weighted by Crippen LogP contribution is -2.49. The Kier molecular flexibility index (Phi) is 2.42. The largest absolute Gasteiger partial charge is 0.394 e. The van der Waals surface area contributed by atoms with Gasteiger partial charge in [-0.3, -0.25) is 10.3 Å². The van der Waals surface area contributed by atoms with Gasteiger partial charge in [-0.05, 0) is 11.6 Å². The molecule has 0 aromatic heterocycles. The molecule has 0 spiro atoms. The van der Waals surface area contributed by atoms with Gasteiger partial charge in [0.05, 0.1) is 12.3 Å². The Morgan fingerprint density at radius 1 is 1.24 bits per heavy atom. The van der Waals surface area contributed by atoms with E-state index in [1.165, 1.54) is 0 Å². The molecular weight excluding hydrogens is 212 g/mol. The van der Waals surface area contributed by atoms with Crippen molar-refractivity contribution < 1.29 is 5.11 Å².